The van der Waals surface area contributed by atoms with Gasteiger partial charge in [0.05, 0.1) is 5.60 Å². The lowest BCUT2D eigenvalue weighted by Gasteiger charge is -2.32. The number of fused-ring (bicyclic) bond motifs is 1. The molecule has 0 aliphatic heterocycles. The van der Waals surface area contributed by atoms with Crippen molar-refractivity contribution in [2.45, 2.75) is 44.6 Å². The van der Waals surface area contributed by atoms with Gasteiger partial charge in [0.15, 0.2) is 0 Å². The van der Waals surface area contributed by atoms with Crippen LogP contribution in [0, 0.1) is 6.92 Å². The largest absolute Gasteiger partial charge is 0.388 e. The van der Waals surface area contributed by atoms with Crippen LogP contribution in [0.2, 0.25) is 0 Å². The molecule has 1 aromatic heterocycles. The van der Waals surface area contributed by atoms with E-state index in [2.05, 4.69) is 10.3 Å². The Labute approximate surface area is 124 Å². The fraction of sp³-hybridized carbons (Fsp3) is 0.471. The van der Waals surface area contributed by atoms with Gasteiger partial charge < -0.3 is 15.4 Å². The number of amides is 1. The summed E-state index contributed by atoms with van der Waals surface area (Å²) in [7, 11) is 0. The van der Waals surface area contributed by atoms with Crippen molar-refractivity contribution < 1.29 is 9.90 Å². The molecule has 1 fully saturated rings. The second kappa shape index (κ2) is 5.53. The number of aromatic nitrogens is 1. The van der Waals surface area contributed by atoms with Crippen LogP contribution >= 0.6 is 0 Å². The summed E-state index contributed by atoms with van der Waals surface area (Å²) >= 11 is 0. The Morgan fingerprint density at radius 1 is 1.29 bits per heavy atom. The van der Waals surface area contributed by atoms with Gasteiger partial charge in [-0.2, -0.15) is 0 Å². The predicted molar refractivity (Wildman–Crippen MR) is 83.4 cm³/mol. The highest BCUT2D eigenvalue weighted by molar-refractivity contribution is 5.98. The Kier molecular flexibility index (Phi) is 3.72. The number of hydrogen-bond donors (Lipinski definition) is 3. The molecule has 0 spiro atoms. The van der Waals surface area contributed by atoms with Crippen LogP contribution in [0.1, 0.15) is 48.2 Å². The van der Waals surface area contributed by atoms with Crippen molar-refractivity contribution in [2.75, 3.05) is 6.54 Å². The summed E-state index contributed by atoms with van der Waals surface area (Å²) in [5, 5.41) is 14.3. The maximum Gasteiger partial charge on any atom is 0.267 e. The van der Waals surface area contributed by atoms with Gasteiger partial charge in [-0.05, 0) is 37.5 Å². The van der Waals surface area contributed by atoms with Crippen molar-refractivity contribution in [2.24, 2.45) is 0 Å². The molecule has 1 saturated carbocycles. The van der Waals surface area contributed by atoms with E-state index in [1.807, 2.05) is 31.2 Å². The van der Waals surface area contributed by atoms with Crippen LogP contribution in [0.15, 0.2) is 24.3 Å². The molecule has 0 atom stereocenters. The molecular weight excluding hydrogens is 264 g/mol. The van der Waals surface area contributed by atoms with Gasteiger partial charge in [-0.3, -0.25) is 4.79 Å². The van der Waals surface area contributed by atoms with Crippen LogP contribution in [0.25, 0.3) is 10.9 Å². The standard InChI is InChI=1S/C17H22N2O2/c1-12-5-6-13-10-15(19-14(13)9-12)16(20)18-11-17(21)7-3-2-4-8-17/h5-6,9-10,19,21H,2-4,7-8,11H2,1H3,(H,18,20). The van der Waals surface area contributed by atoms with E-state index in [-0.39, 0.29) is 5.91 Å². The highest BCUT2D eigenvalue weighted by Crippen LogP contribution is 2.27. The van der Waals surface area contributed by atoms with Crippen LogP contribution in [-0.4, -0.2) is 28.1 Å². The fourth-order valence-corrected chi connectivity index (χ4v) is 3.09. The van der Waals surface area contributed by atoms with Gasteiger partial charge >= 0.3 is 0 Å². The quantitative estimate of drug-likeness (QED) is 0.812. The maximum absolute atomic E-state index is 12.2. The summed E-state index contributed by atoms with van der Waals surface area (Å²) < 4.78 is 0. The summed E-state index contributed by atoms with van der Waals surface area (Å²) in [5.74, 6) is -0.150. The zero-order valence-corrected chi connectivity index (χ0v) is 12.4. The Balaban J connectivity index is 1.69. The van der Waals surface area contributed by atoms with Crippen LogP contribution in [0.5, 0.6) is 0 Å². The van der Waals surface area contributed by atoms with Crippen molar-refractivity contribution in [3.8, 4) is 0 Å². The van der Waals surface area contributed by atoms with Crippen LogP contribution in [-0.2, 0) is 0 Å². The Morgan fingerprint density at radius 3 is 2.81 bits per heavy atom. The number of aryl methyl sites for hydroxylation is 1. The van der Waals surface area contributed by atoms with E-state index < -0.39 is 5.60 Å². The molecule has 3 rings (SSSR count). The molecule has 3 N–H and O–H groups in total. The first-order valence-corrected chi connectivity index (χ1v) is 7.66. The van der Waals surface area contributed by atoms with E-state index in [0.717, 1.165) is 42.1 Å². The van der Waals surface area contributed by atoms with Gasteiger partial charge in [0, 0.05) is 17.4 Å². The van der Waals surface area contributed by atoms with E-state index >= 15 is 0 Å². The molecule has 4 heteroatoms. The average molecular weight is 286 g/mol. The Bertz CT molecular complexity index is 654. The first-order valence-electron chi connectivity index (χ1n) is 7.66. The van der Waals surface area contributed by atoms with Crippen LogP contribution < -0.4 is 5.32 Å². The number of rotatable bonds is 3. The summed E-state index contributed by atoms with van der Waals surface area (Å²) in [4.78, 5) is 15.4. The molecule has 1 amide bonds. The SMILES string of the molecule is Cc1ccc2cc(C(=O)NCC3(O)CCCCC3)[nH]c2c1. The Morgan fingerprint density at radius 2 is 2.05 bits per heavy atom. The molecule has 0 unspecified atom stereocenters. The highest BCUT2D eigenvalue weighted by Gasteiger charge is 2.29. The number of carbonyl (C=O) groups is 1. The summed E-state index contributed by atoms with van der Waals surface area (Å²) in [6, 6.07) is 7.92. The van der Waals surface area contributed by atoms with Gasteiger partial charge in [0.25, 0.3) is 5.91 Å². The molecule has 1 aromatic carbocycles. The van der Waals surface area contributed by atoms with Crippen molar-refractivity contribution in [3.05, 3.63) is 35.5 Å². The van der Waals surface area contributed by atoms with E-state index in [4.69, 9.17) is 0 Å². The number of nitrogens with one attached hydrogen (secondary N) is 2. The maximum atomic E-state index is 12.2. The fourth-order valence-electron chi connectivity index (χ4n) is 3.09. The first-order chi connectivity index (χ1) is 10.1. The van der Waals surface area contributed by atoms with Gasteiger partial charge in [0.1, 0.15) is 5.69 Å². The molecule has 1 aliphatic carbocycles. The minimum absolute atomic E-state index is 0.150. The summed E-state index contributed by atoms with van der Waals surface area (Å²) in [6.45, 7) is 2.36. The lowest BCUT2D eigenvalue weighted by molar-refractivity contribution is 0.00522. The molecule has 1 heterocycles. The lowest BCUT2D eigenvalue weighted by atomic mass is 9.85. The summed E-state index contributed by atoms with van der Waals surface area (Å²) in [5.41, 5.74) is 1.95. The third-order valence-electron chi connectivity index (χ3n) is 4.38. The van der Waals surface area contributed by atoms with Gasteiger partial charge in [0.2, 0.25) is 0 Å². The van der Waals surface area contributed by atoms with Crippen molar-refractivity contribution >= 4 is 16.8 Å². The predicted octanol–water partition coefficient (Wildman–Crippen LogP) is 2.90. The average Bonchev–Trinajstić information content (AvgIpc) is 2.88. The van der Waals surface area contributed by atoms with Gasteiger partial charge in [-0.15, -0.1) is 0 Å². The summed E-state index contributed by atoms with van der Waals surface area (Å²) in [6.07, 6.45) is 4.81. The molecule has 1 aliphatic rings. The second-order valence-corrected chi connectivity index (χ2v) is 6.24. The zero-order valence-electron chi connectivity index (χ0n) is 12.4. The molecule has 2 aromatic rings. The van der Waals surface area contributed by atoms with Gasteiger partial charge in [-0.1, -0.05) is 31.4 Å². The number of H-pyrrole nitrogens is 1. The van der Waals surface area contributed by atoms with Crippen LogP contribution in [0.3, 0.4) is 0 Å². The number of carbonyl (C=O) groups excluding carboxylic acids is 1. The molecular formula is C17H22N2O2. The van der Waals surface area contributed by atoms with E-state index in [1.54, 1.807) is 0 Å². The Hall–Kier alpha value is -1.81. The monoisotopic (exact) mass is 286 g/mol. The van der Waals surface area contributed by atoms with E-state index in [0.29, 0.717) is 12.2 Å². The second-order valence-electron chi connectivity index (χ2n) is 6.24. The number of benzene rings is 1. The molecule has 21 heavy (non-hydrogen) atoms. The van der Waals surface area contributed by atoms with Crippen molar-refractivity contribution in [1.29, 1.82) is 0 Å². The minimum atomic E-state index is -0.726. The zero-order chi connectivity index (χ0) is 14.9. The molecule has 0 bridgehead atoms. The highest BCUT2D eigenvalue weighted by atomic mass is 16.3. The van der Waals surface area contributed by atoms with Gasteiger partial charge in [-0.25, -0.2) is 0 Å². The minimum Gasteiger partial charge on any atom is -0.388 e. The van der Waals surface area contributed by atoms with Crippen molar-refractivity contribution in [3.63, 3.8) is 0 Å². The number of aromatic amines is 1. The van der Waals surface area contributed by atoms with E-state index in [1.165, 1.54) is 6.42 Å². The normalized spacial score (nSPS) is 17.8. The molecule has 112 valence electrons. The molecule has 0 saturated heterocycles. The lowest BCUT2D eigenvalue weighted by Crippen LogP contribution is -2.44. The third-order valence-corrected chi connectivity index (χ3v) is 4.38. The van der Waals surface area contributed by atoms with Crippen LogP contribution in [0.4, 0.5) is 0 Å². The van der Waals surface area contributed by atoms with Crippen molar-refractivity contribution in [1.82, 2.24) is 10.3 Å². The smallest absolute Gasteiger partial charge is 0.267 e. The number of aliphatic hydroxyl groups is 1. The third kappa shape index (κ3) is 3.10. The number of hydrogen-bond acceptors (Lipinski definition) is 2. The molecule has 4 nitrogen and oxygen atoms in total. The first kappa shape index (κ1) is 14.1. The molecule has 0 radical (unpaired) electrons. The van der Waals surface area contributed by atoms with E-state index in [9.17, 15) is 9.90 Å². The topological polar surface area (TPSA) is 65.1 Å².